The van der Waals surface area contributed by atoms with E-state index in [-0.39, 0.29) is 21.7 Å². The minimum Gasteiger partial charge on any atom is -0.248 e. The first-order valence-electron chi connectivity index (χ1n) is 45.4. The van der Waals surface area contributed by atoms with Crippen molar-refractivity contribution in [2.75, 3.05) is 0 Å². The van der Waals surface area contributed by atoms with Crippen LogP contribution in [0.5, 0.6) is 0 Å². The van der Waals surface area contributed by atoms with Gasteiger partial charge in [-0.2, -0.15) is 0 Å². The summed E-state index contributed by atoms with van der Waals surface area (Å²) >= 11 is 0. The summed E-state index contributed by atoms with van der Waals surface area (Å²) < 4.78 is 0. The molecule has 0 unspecified atom stereocenters. The van der Waals surface area contributed by atoms with Crippen LogP contribution in [0.3, 0.4) is 0 Å². The van der Waals surface area contributed by atoms with Crippen LogP contribution < -0.4 is 0 Å². The minimum absolute atomic E-state index is 0.0633. The third kappa shape index (κ3) is 12.8. The molecule has 5 heteroatoms. The van der Waals surface area contributed by atoms with Gasteiger partial charge < -0.3 is 0 Å². The molecule has 0 saturated carbocycles. The van der Waals surface area contributed by atoms with Crippen molar-refractivity contribution in [3.63, 3.8) is 0 Å². The maximum Gasteiger partial charge on any atom is 0.160 e. The SMILES string of the molecule is CC1(C)c2cc(-c3cc(-c4ccc5c(c4)C(C)(C)c4cc6ccccc6cc4-5)c4ccccc4n3)ccc2-c2cc3ccccc3cc21.CC1(C)c2cc(-c3nc(-c4ccc(-c5ccccc5)cc4)nc4ccccc34)ccc2-c2cc3ccccc3cc21.CC1(C)c2ccccc2-c2ccc(-c3nc(-c4ccc(-c5ccc6ccccc6c5)cc4)nc4ccccc34)cc21. The number of hydrogen-bond acceptors (Lipinski definition) is 5. The van der Waals surface area contributed by atoms with Crippen LogP contribution in [0, 0.1) is 0 Å². The van der Waals surface area contributed by atoms with Crippen LogP contribution in [0.2, 0.25) is 0 Å². The lowest BCUT2D eigenvalue weighted by molar-refractivity contribution is 0.660. The minimum atomic E-state index is -0.107. The highest BCUT2D eigenvalue weighted by molar-refractivity contribution is 6.03. The fourth-order valence-corrected chi connectivity index (χ4v) is 21.6. The van der Waals surface area contributed by atoms with Gasteiger partial charge in [-0.25, -0.2) is 24.9 Å². The van der Waals surface area contributed by atoms with Crippen LogP contribution in [0.4, 0.5) is 0 Å². The van der Waals surface area contributed by atoms with Crippen molar-refractivity contribution in [1.29, 1.82) is 0 Å². The highest BCUT2D eigenvalue weighted by atomic mass is 14.9. The summed E-state index contributed by atoms with van der Waals surface area (Å²) in [6.07, 6.45) is 0. The average molecular weight is 1660 g/mol. The standard InChI is InChI=1S/C47H35N.2C39H28N2/c1-46(2)40-25-32(17-19-34(40)38-21-28-11-5-7-13-30(28)23-42(38)46)37-27-45(48-44-16-10-9-15-36(37)44)33-18-20-35-39-22-29-12-6-8-14-31(29)24-43(39)47(3,4)41(35)26-33;1-39(2)34-13-7-5-11-31(34)32-22-21-30(24-35(32)39)37-33-12-6-8-14-36(33)40-38(41-37)27-18-15-26(16-19-27)29-20-17-25-9-3-4-10-28(25)23-29;1-39(2)34-24-30(20-21-31(34)33-22-28-12-6-7-13-29(28)23-35(33)39)37-32-14-8-9-15-36(32)40-38(41-37)27-18-16-26(17-19-27)25-10-4-3-5-11-25/h5-27H,1-4H3;2*3-24H,1-2H3. The number of pyridine rings is 1. The van der Waals surface area contributed by atoms with Crippen LogP contribution in [0.25, 0.3) is 210 Å². The summed E-state index contributed by atoms with van der Waals surface area (Å²) in [7, 11) is 0. The molecule has 0 radical (unpaired) electrons. The summed E-state index contributed by atoms with van der Waals surface area (Å²) in [5.74, 6) is 1.49. The largest absolute Gasteiger partial charge is 0.248 e. The van der Waals surface area contributed by atoms with Crippen LogP contribution in [0.1, 0.15) is 99.9 Å². The van der Waals surface area contributed by atoms with Gasteiger partial charge in [0.15, 0.2) is 11.6 Å². The average Bonchev–Trinajstić information content (AvgIpc) is 1.57. The van der Waals surface area contributed by atoms with E-state index < -0.39 is 0 Å². The van der Waals surface area contributed by atoms with Gasteiger partial charge in [-0.15, -0.1) is 0 Å². The lowest BCUT2D eigenvalue weighted by Gasteiger charge is -2.23. The molecule has 19 aromatic carbocycles. The van der Waals surface area contributed by atoms with Crippen molar-refractivity contribution < 1.29 is 0 Å². The van der Waals surface area contributed by atoms with Crippen molar-refractivity contribution >= 4 is 75.8 Å². The van der Waals surface area contributed by atoms with E-state index in [1.165, 1.54) is 171 Å². The van der Waals surface area contributed by atoms with Crippen molar-refractivity contribution in [3.05, 3.63) is 451 Å². The Morgan fingerprint density at radius 1 is 0.154 bits per heavy atom. The van der Waals surface area contributed by atoms with Gasteiger partial charge in [0.25, 0.3) is 0 Å². The molecular formula is C125H91N5. The predicted molar refractivity (Wildman–Crippen MR) is 545 cm³/mol. The Bertz CT molecular complexity index is 8460. The van der Waals surface area contributed by atoms with Crippen molar-refractivity contribution in [2.24, 2.45) is 0 Å². The molecule has 3 aromatic heterocycles. The summed E-state index contributed by atoms with van der Waals surface area (Å²) in [4.78, 5) is 25.6. The van der Waals surface area contributed by atoms with Crippen molar-refractivity contribution in [2.45, 2.75) is 77.0 Å². The van der Waals surface area contributed by atoms with E-state index in [9.17, 15) is 0 Å². The lowest BCUT2D eigenvalue weighted by atomic mass is 9.80. The number of benzene rings is 19. The fraction of sp³-hybridized carbons (Fsp3) is 0.0960. The fourth-order valence-electron chi connectivity index (χ4n) is 21.6. The Morgan fingerprint density at radius 2 is 0.454 bits per heavy atom. The second-order valence-corrected chi connectivity index (χ2v) is 37.8. The number of aromatic nitrogens is 5. The monoisotopic (exact) mass is 1660 g/mol. The molecule has 130 heavy (non-hydrogen) atoms. The number of hydrogen-bond donors (Lipinski definition) is 0. The molecule has 0 N–H and O–H groups in total. The van der Waals surface area contributed by atoms with Crippen molar-refractivity contribution in [1.82, 2.24) is 24.9 Å². The molecular weight excluding hydrogens is 1570 g/mol. The highest BCUT2D eigenvalue weighted by Gasteiger charge is 2.41. The number of fused-ring (bicyclic) bond motifs is 19. The highest BCUT2D eigenvalue weighted by Crippen LogP contribution is 2.56. The van der Waals surface area contributed by atoms with E-state index in [0.717, 1.165) is 83.9 Å². The zero-order valence-electron chi connectivity index (χ0n) is 73.9. The molecule has 0 atom stereocenters. The van der Waals surface area contributed by atoms with E-state index in [2.05, 4.69) is 450 Å². The first-order valence-corrected chi connectivity index (χ1v) is 45.4. The van der Waals surface area contributed by atoms with Gasteiger partial charge in [-0.05, 0) is 256 Å². The van der Waals surface area contributed by atoms with Crippen LogP contribution in [0.15, 0.2) is 406 Å². The Kier molecular flexibility index (Phi) is 18.0. The van der Waals surface area contributed by atoms with Crippen LogP contribution in [-0.2, 0) is 21.7 Å². The lowest BCUT2D eigenvalue weighted by Crippen LogP contribution is -2.15. The van der Waals surface area contributed by atoms with Gasteiger partial charge in [0.1, 0.15) is 0 Å². The first-order chi connectivity index (χ1) is 63.4. The molecule has 26 rings (SSSR count). The molecule has 0 fully saturated rings. The Morgan fingerprint density at radius 3 is 0.931 bits per heavy atom. The van der Waals surface area contributed by atoms with E-state index >= 15 is 0 Å². The van der Waals surface area contributed by atoms with Crippen molar-refractivity contribution in [3.8, 4) is 134 Å². The molecule has 0 aliphatic heterocycles. The Labute approximate surface area is 757 Å². The van der Waals surface area contributed by atoms with Gasteiger partial charge in [0.05, 0.1) is 33.6 Å². The smallest absolute Gasteiger partial charge is 0.160 e. The zero-order valence-corrected chi connectivity index (χ0v) is 73.9. The normalized spacial score (nSPS) is 13.9. The molecule has 616 valence electrons. The van der Waals surface area contributed by atoms with Crippen LogP contribution >= 0.6 is 0 Å². The second kappa shape index (κ2) is 30.0. The summed E-state index contributed by atoms with van der Waals surface area (Å²) in [6, 6.07) is 147. The molecule has 0 spiro atoms. The topological polar surface area (TPSA) is 64.5 Å². The number of nitrogens with zero attached hydrogens (tertiary/aromatic N) is 5. The predicted octanol–water partition coefficient (Wildman–Crippen LogP) is 32.7. The number of para-hydroxylation sites is 3. The number of rotatable bonds is 8. The molecule has 3 heterocycles. The van der Waals surface area contributed by atoms with Gasteiger partial charge in [-0.1, -0.05) is 371 Å². The molecule has 4 aliphatic carbocycles. The van der Waals surface area contributed by atoms with Gasteiger partial charge >= 0.3 is 0 Å². The van der Waals surface area contributed by atoms with E-state index in [1.807, 2.05) is 12.1 Å². The third-order valence-corrected chi connectivity index (χ3v) is 28.8. The maximum atomic E-state index is 5.26. The molecule has 0 bridgehead atoms. The quantitative estimate of drug-likeness (QED) is 0.152. The zero-order chi connectivity index (χ0) is 87.5. The van der Waals surface area contributed by atoms with E-state index in [0.29, 0.717) is 0 Å². The molecule has 0 amide bonds. The Hall–Kier alpha value is -15.7. The van der Waals surface area contributed by atoms with Crippen LogP contribution in [-0.4, -0.2) is 24.9 Å². The van der Waals surface area contributed by atoms with Gasteiger partial charge in [-0.3, -0.25) is 0 Å². The van der Waals surface area contributed by atoms with E-state index in [4.69, 9.17) is 24.9 Å². The van der Waals surface area contributed by atoms with E-state index in [1.54, 1.807) is 0 Å². The molecule has 0 saturated heterocycles. The van der Waals surface area contributed by atoms with Gasteiger partial charge in [0, 0.05) is 65.6 Å². The van der Waals surface area contributed by atoms with Gasteiger partial charge in [0.2, 0.25) is 0 Å². The summed E-state index contributed by atoms with van der Waals surface area (Å²) in [5.41, 5.74) is 39.9. The maximum absolute atomic E-state index is 5.26. The first kappa shape index (κ1) is 77.8. The molecule has 22 aromatic rings. The summed E-state index contributed by atoms with van der Waals surface area (Å²) in [5, 5.41) is 13.6. The molecule has 4 aliphatic rings. The molecule has 5 nitrogen and oxygen atoms in total. The Balaban J connectivity index is 0.000000109. The second-order valence-electron chi connectivity index (χ2n) is 37.8. The summed E-state index contributed by atoms with van der Waals surface area (Å²) in [6.45, 7) is 18.8. The third-order valence-electron chi connectivity index (χ3n) is 28.8.